The van der Waals surface area contributed by atoms with Gasteiger partial charge in [-0.1, -0.05) is 19.8 Å². The average molecular weight is 181 g/mol. The van der Waals surface area contributed by atoms with Crippen molar-refractivity contribution in [1.82, 2.24) is 4.90 Å². The van der Waals surface area contributed by atoms with Gasteiger partial charge in [-0.2, -0.15) is 0 Å². The predicted octanol–water partition coefficient (Wildman–Crippen LogP) is 1.49. The lowest BCUT2D eigenvalue weighted by molar-refractivity contribution is -0.0210. The van der Waals surface area contributed by atoms with Crippen LogP contribution in [0.25, 0.3) is 0 Å². The fourth-order valence-corrected chi connectivity index (χ4v) is 1.47. The van der Waals surface area contributed by atoms with Crippen LogP contribution in [0.3, 0.4) is 0 Å². The lowest BCUT2D eigenvalue weighted by Crippen LogP contribution is -2.52. The molecule has 1 amide bonds. The minimum Gasteiger partial charge on any atom is -0.432 e. The van der Waals surface area contributed by atoms with Gasteiger partial charge in [0.1, 0.15) is 0 Å². The largest absolute Gasteiger partial charge is 0.432 e. The molecular formula is C10H15NO2. The van der Waals surface area contributed by atoms with Gasteiger partial charge in [-0.3, -0.25) is 0 Å². The van der Waals surface area contributed by atoms with E-state index in [1.165, 1.54) is 0 Å². The van der Waals surface area contributed by atoms with Gasteiger partial charge >= 0.3 is 6.09 Å². The summed E-state index contributed by atoms with van der Waals surface area (Å²) in [4.78, 5) is 13.0. The maximum Gasteiger partial charge on any atom is 0.411 e. The van der Waals surface area contributed by atoms with Crippen LogP contribution in [0.4, 0.5) is 4.79 Å². The molecule has 1 aliphatic rings. The van der Waals surface area contributed by atoms with Crippen molar-refractivity contribution >= 4 is 6.09 Å². The van der Waals surface area contributed by atoms with Crippen LogP contribution in [0.5, 0.6) is 0 Å². The maximum atomic E-state index is 11.3. The predicted molar refractivity (Wildman–Crippen MR) is 50.1 cm³/mol. The van der Waals surface area contributed by atoms with E-state index in [9.17, 15) is 4.79 Å². The minimum atomic E-state index is -0.400. The van der Waals surface area contributed by atoms with Crippen molar-refractivity contribution in [2.75, 3.05) is 13.1 Å². The lowest BCUT2D eigenvalue weighted by Gasteiger charge is -2.40. The number of amides is 1. The molecular weight excluding hydrogens is 166 g/mol. The monoisotopic (exact) mass is 181 g/mol. The third-order valence-corrected chi connectivity index (χ3v) is 2.32. The zero-order valence-electron chi connectivity index (χ0n) is 8.33. The van der Waals surface area contributed by atoms with Crippen LogP contribution in [-0.2, 0) is 4.74 Å². The molecule has 0 radical (unpaired) electrons. The van der Waals surface area contributed by atoms with Crippen molar-refractivity contribution in [2.24, 2.45) is 5.41 Å². The third kappa shape index (κ3) is 1.77. The summed E-state index contributed by atoms with van der Waals surface area (Å²) in [5, 5.41) is 0. The SMILES string of the molecule is C#C[C@H]1OC(=O)N(CC)CC1(C)C. The smallest absolute Gasteiger partial charge is 0.411 e. The summed E-state index contributed by atoms with van der Waals surface area (Å²) in [6.07, 6.45) is 4.58. The average Bonchev–Trinajstić information content (AvgIpc) is 2.08. The van der Waals surface area contributed by atoms with Crippen LogP contribution in [0.15, 0.2) is 0 Å². The zero-order chi connectivity index (χ0) is 10.1. The van der Waals surface area contributed by atoms with E-state index >= 15 is 0 Å². The summed E-state index contributed by atoms with van der Waals surface area (Å²) >= 11 is 0. The molecule has 0 spiro atoms. The maximum absolute atomic E-state index is 11.3. The van der Waals surface area contributed by atoms with Crippen molar-refractivity contribution in [3.8, 4) is 12.3 Å². The second-order valence-corrected chi connectivity index (χ2v) is 3.93. The minimum absolute atomic E-state index is 0.154. The van der Waals surface area contributed by atoms with E-state index in [2.05, 4.69) is 5.92 Å². The molecule has 1 rings (SSSR count). The van der Waals surface area contributed by atoms with Gasteiger partial charge in [0.25, 0.3) is 0 Å². The number of hydrogen-bond donors (Lipinski definition) is 0. The summed E-state index contributed by atoms with van der Waals surface area (Å²) in [6.45, 7) is 7.27. The Morgan fingerprint density at radius 1 is 1.77 bits per heavy atom. The Morgan fingerprint density at radius 3 is 2.85 bits per heavy atom. The first-order chi connectivity index (χ1) is 6.01. The Morgan fingerprint density at radius 2 is 2.38 bits per heavy atom. The van der Waals surface area contributed by atoms with Crippen LogP contribution in [-0.4, -0.2) is 30.2 Å². The molecule has 3 nitrogen and oxygen atoms in total. The third-order valence-electron chi connectivity index (χ3n) is 2.32. The molecule has 0 saturated carbocycles. The number of ether oxygens (including phenoxy) is 1. The van der Waals surface area contributed by atoms with Gasteiger partial charge in [-0.15, -0.1) is 6.42 Å². The molecule has 0 aromatic rings. The molecule has 1 fully saturated rings. The van der Waals surface area contributed by atoms with E-state index in [0.29, 0.717) is 13.1 Å². The molecule has 0 aliphatic carbocycles. The van der Waals surface area contributed by atoms with Crippen molar-refractivity contribution < 1.29 is 9.53 Å². The van der Waals surface area contributed by atoms with Gasteiger partial charge in [0, 0.05) is 18.5 Å². The van der Waals surface area contributed by atoms with Gasteiger partial charge in [-0.25, -0.2) is 4.79 Å². The van der Waals surface area contributed by atoms with E-state index in [1.54, 1.807) is 4.90 Å². The quantitative estimate of drug-likeness (QED) is 0.573. The second kappa shape index (κ2) is 3.29. The van der Waals surface area contributed by atoms with Crippen molar-refractivity contribution in [3.63, 3.8) is 0 Å². The highest BCUT2D eigenvalue weighted by molar-refractivity contribution is 5.69. The summed E-state index contributed by atoms with van der Waals surface area (Å²) in [7, 11) is 0. The molecule has 0 bridgehead atoms. The number of terminal acetylenes is 1. The second-order valence-electron chi connectivity index (χ2n) is 3.93. The van der Waals surface area contributed by atoms with E-state index < -0.39 is 6.10 Å². The van der Waals surface area contributed by atoms with Crippen molar-refractivity contribution in [3.05, 3.63) is 0 Å². The number of carbonyl (C=O) groups is 1. The molecule has 13 heavy (non-hydrogen) atoms. The standard InChI is InChI=1S/C10H15NO2/c1-5-8-10(3,4)7-11(6-2)9(12)13-8/h1,8H,6-7H2,2-4H3/t8-/m1/s1. The van der Waals surface area contributed by atoms with Crippen LogP contribution < -0.4 is 0 Å². The summed E-state index contributed by atoms with van der Waals surface area (Å²) in [5.41, 5.74) is -0.154. The van der Waals surface area contributed by atoms with Crippen LogP contribution in [0.1, 0.15) is 20.8 Å². The fourth-order valence-electron chi connectivity index (χ4n) is 1.47. The first-order valence-corrected chi connectivity index (χ1v) is 4.43. The van der Waals surface area contributed by atoms with Gasteiger partial charge in [0.2, 0.25) is 0 Å². The normalized spacial score (nSPS) is 26.5. The van der Waals surface area contributed by atoms with E-state index in [1.807, 2.05) is 20.8 Å². The first-order valence-electron chi connectivity index (χ1n) is 4.43. The van der Waals surface area contributed by atoms with Gasteiger partial charge < -0.3 is 9.64 Å². The summed E-state index contributed by atoms with van der Waals surface area (Å²) < 4.78 is 5.11. The van der Waals surface area contributed by atoms with Crippen molar-refractivity contribution in [1.29, 1.82) is 0 Å². The number of cyclic esters (lactones) is 1. The molecule has 0 N–H and O–H groups in total. The Balaban J connectivity index is 2.80. The van der Waals surface area contributed by atoms with E-state index in [4.69, 9.17) is 11.2 Å². The molecule has 3 heteroatoms. The molecule has 1 heterocycles. The topological polar surface area (TPSA) is 29.5 Å². The lowest BCUT2D eigenvalue weighted by atomic mass is 9.85. The number of carbonyl (C=O) groups excluding carboxylic acids is 1. The highest BCUT2D eigenvalue weighted by Gasteiger charge is 2.39. The molecule has 1 atom stereocenters. The summed E-state index contributed by atoms with van der Waals surface area (Å²) in [5.74, 6) is 2.50. The Hall–Kier alpha value is -1.17. The first kappa shape index (κ1) is 9.91. The molecule has 0 aromatic carbocycles. The van der Waals surface area contributed by atoms with Crippen LogP contribution >= 0.6 is 0 Å². The van der Waals surface area contributed by atoms with Gasteiger partial charge in [0.05, 0.1) is 0 Å². The van der Waals surface area contributed by atoms with Crippen LogP contribution in [0, 0.1) is 17.8 Å². The van der Waals surface area contributed by atoms with Gasteiger partial charge in [0.15, 0.2) is 6.10 Å². The highest BCUT2D eigenvalue weighted by atomic mass is 16.6. The molecule has 1 aliphatic heterocycles. The summed E-state index contributed by atoms with van der Waals surface area (Å²) in [6, 6.07) is 0. The fraction of sp³-hybridized carbons (Fsp3) is 0.700. The van der Waals surface area contributed by atoms with Crippen LogP contribution in [0.2, 0.25) is 0 Å². The van der Waals surface area contributed by atoms with Gasteiger partial charge in [-0.05, 0) is 6.92 Å². The van der Waals surface area contributed by atoms with E-state index in [0.717, 1.165) is 0 Å². The molecule has 72 valence electrons. The number of nitrogens with zero attached hydrogens (tertiary/aromatic N) is 1. The molecule has 0 unspecified atom stereocenters. The van der Waals surface area contributed by atoms with E-state index in [-0.39, 0.29) is 11.5 Å². The zero-order valence-corrected chi connectivity index (χ0v) is 8.33. The Kier molecular flexibility index (Phi) is 2.51. The van der Waals surface area contributed by atoms with Crippen molar-refractivity contribution in [2.45, 2.75) is 26.9 Å². The number of rotatable bonds is 1. The Labute approximate surface area is 79.1 Å². The number of hydrogen-bond acceptors (Lipinski definition) is 2. The highest BCUT2D eigenvalue weighted by Crippen LogP contribution is 2.29. The molecule has 0 aromatic heterocycles. The Bertz CT molecular complexity index is 252. The molecule has 1 saturated heterocycles.